The number of carbonyl (C=O) groups is 1. The van der Waals surface area contributed by atoms with Gasteiger partial charge in [0.25, 0.3) is 0 Å². The van der Waals surface area contributed by atoms with Crippen molar-refractivity contribution in [2.75, 3.05) is 6.61 Å². The average Bonchev–Trinajstić information content (AvgIpc) is 2.53. The highest BCUT2D eigenvalue weighted by atomic mass is 31.1. The Morgan fingerprint density at radius 3 is 2.55 bits per heavy atom. The largest absolute Gasteiger partial charge is 0.493 e. The van der Waals surface area contributed by atoms with E-state index in [-0.39, 0.29) is 15.0 Å². The van der Waals surface area contributed by atoms with Crippen LogP contribution in [0.5, 0.6) is 5.75 Å². The molecular formula is C16H16NO4P. The van der Waals surface area contributed by atoms with Gasteiger partial charge in [-0.15, -0.1) is 0 Å². The molecule has 0 saturated heterocycles. The van der Waals surface area contributed by atoms with Crippen molar-refractivity contribution in [1.82, 2.24) is 5.32 Å². The van der Waals surface area contributed by atoms with Crippen molar-refractivity contribution in [3.05, 3.63) is 48.0 Å². The first kappa shape index (κ1) is 16.0. The van der Waals surface area contributed by atoms with Crippen molar-refractivity contribution in [1.29, 1.82) is 0 Å². The molecule has 2 rings (SSSR count). The van der Waals surface area contributed by atoms with Gasteiger partial charge in [0.1, 0.15) is 5.75 Å². The first-order valence-corrected chi connectivity index (χ1v) is 7.62. The topological polar surface area (TPSA) is 75.6 Å². The van der Waals surface area contributed by atoms with E-state index in [1.807, 2.05) is 43.3 Å². The van der Waals surface area contributed by atoms with E-state index in [1.165, 1.54) is 0 Å². The molecule has 0 aromatic heterocycles. The lowest BCUT2D eigenvalue weighted by Crippen LogP contribution is -2.19. The third-order valence-corrected chi connectivity index (χ3v) is 3.74. The second kappa shape index (κ2) is 7.57. The van der Waals surface area contributed by atoms with E-state index in [0.717, 1.165) is 16.7 Å². The molecule has 22 heavy (non-hydrogen) atoms. The van der Waals surface area contributed by atoms with Gasteiger partial charge < -0.3 is 15.2 Å². The van der Waals surface area contributed by atoms with Crippen LogP contribution in [0.1, 0.15) is 12.5 Å². The lowest BCUT2D eigenvalue weighted by atomic mass is 10.0. The normalized spacial score (nSPS) is 10.4. The highest BCUT2D eigenvalue weighted by Gasteiger charge is 2.11. The number of amides is 1. The lowest BCUT2D eigenvalue weighted by Gasteiger charge is -2.11. The van der Waals surface area contributed by atoms with Crippen molar-refractivity contribution in [2.24, 2.45) is 0 Å². The van der Waals surface area contributed by atoms with Crippen LogP contribution in [-0.2, 0) is 11.1 Å². The van der Waals surface area contributed by atoms with Crippen LogP contribution >= 0.6 is 8.46 Å². The minimum absolute atomic E-state index is 0.0988. The van der Waals surface area contributed by atoms with Crippen LogP contribution in [0.15, 0.2) is 42.5 Å². The summed E-state index contributed by atoms with van der Waals surface area (Å²) in [5.41, 5.74) is 2.59. The summed E-state index contributed by atoms with van der Waals surface area (Å²) in [5.74, 6) is 0.605. The first-order valence-electron chi connectivity index (χ1n) is 6.81. The van der Waals surface area contributed by atoms with Gasteiger partial charge in [0, 0.05) is 12.1 Å². The van der Waals surface area contributed by atoms with Crippen molar-refractivity contribution in [3.8, 4) is 16.9 Å². The molecule has 2 N–H and O–H groups in total. The summed E-state index contributed by atoms with van der Waals surface area (Å²) in [6.45, 7) is 2.63. The molecule has 114 valence electrons. The van der Waals surface area contributed by atoms with Crippen LogP contribution in [0, 0.1) is 0 Å². The minimum atomic E-state index is -1.05. The van der Waals surface area contributed by atoms with E-state index in [4.69, 9.17) is 9.84 Å². The van der Waals surface area contributed by atoms with Crippen LogP contribution in [0.25, 0.3) is 11.1 Å². The van der Waals surface area contributed by atoms with Gasteiger partial charge in [-0.25, -0.2) is 4.79 Å². The Morgan fingerprint density at radius 1 is 1.23 bits per heavy atom. The third kappa shape index (κ3) is 3.83. The number of benzene rings is 2. The summed E-state index contributed by atoms with van der Waals surface area (Å²) in [7, 11) is -0.0988. The van der Waals surface area contributed by atoms with Crippen molar-refractivity contribution >= 4 is 19.9 Å². The van der Waals surface area contributed by atoms with Gasteiger partial charge in [0.2, 0.25) is 0 Å². The maximum absolute atomic E-state index is 11.5. The molecule has 0 atom stereocenters. The summed E-state index contributed by atoms with van der Waals surface area (Å²) in [6, 6.07) is 13.0. The number of ether oxygens (including phenoxy) is 1. The standard InChI is InChI=1S/C16H16NO4P/c1-2-21-14-5-3-4-13(15(14)22-20)12-8-6-11(7-9-12)10-17-16(18)19/h3-9,17H,2,10H2,1H3,(H,18,19). The molecule has 0 bridgehead atoms. The highest BCUT2D eigenvalue weighted by molar-refractivity contribution is 7.35. The maximum atomic E-state index is 11.5. The Hall–Kier alpha value is -2.39. The van der Waals surface area contributed by atoms with Gasteiger partial charge in [-0.2, -0.15) is 0 Å². The fourth-order valence-electron chi connectivity index (χ4n) is 2.10. The molecule has 2 aromatic rings. The molecule has 0 aliphatic rings. The Morgan fingerprint density at radius 2 is 1.95 bits per heavy atom. The lowest BCUT2D eigenvalue weighted by molar-refractivity contribution is 0.194. The summed E-state index contributed by atoms with van der Waals surface area (Å²) in [6.07, 6.45) is -1.05. The zero-order chi connectivity index (χ0) is 15.9. The van der Waals surface area contributed by atoms with Gasteiger partial charge in [0.15, 0.2) is 8.46 Å². The molecule has 1 amide bonds. The fraction of sp³-hybridized carbons (Fsp3) is 0.188. The smallest absolute Gasteiger partial charge is 0.404 e. The number of carboxylic acid groups (broad SMARTS) is 1. The van der Waals surface area contributed by atoms with E-state index >= 15 is 0 Å². The third-order valence-electron chi connectivity index (χ3n) is 3.10. The molecule has 0 heterocycles. The molecule has 0 aliphatic carbocycles. The summed E-state index contributed by atoms with van der Waals surface area (Å²) in [5, 5.41) is 11.5. The molecule has 0 fully saturated rings. The van der Waals surface area contributed by atoms with E-state index in [2.05, 4.69) is 5.32 Å². The predicted molar refractivity (Wildman–Crippen MR) is 85.2 cm³/mol. The van der Waals surface area contributed by atoms with Gasteiger partial charge in [-0.1, -0.05) is 36.4 Å². The summed E-state index contributed by atoms with van der Waals surface area (Å²) < 4.78 is 17.0. The summed E-state index contributed by atoms with van der Waals surface area (Å²) in [4.78, 5) is 10.5. The summed E-state index contributed by atoms with van der Waals surface area (Å²) >= 11 is 0. The molecular weight excluding hydrogens is 301 g/mol. The number of nitrogens with one attached hydrogen (secondary N) is 1. The van der Waals surface area contributed by atoms with E-state index in [0.29, 0.717) is 17.7 Å². The van der Waals surface area contributed by atoms with Crippen LogP contribution < -0.4 is 15.4 Å². The molecule has 0 spiro atoms. The van der Waals surface area contributed by atoms with Crippen molar-refractivity contribution < 1.29 is 19.2 Å². The molecule has 0 unspecified atom stereocenters. The molecule has 6 heteroatoms. The predicted octanol–water partition coefficient (Wildman–Crippen LogP) is 3.44. The van der Waals surface area contributed by atoms with Gasteiger partial charge in [-0.3, -0.25) is 4.57 Å². The molecule has 0 aliphatic heterocycles. The van der Waals surface area contributed by atoms with Gasteiger partial charge in [0.05, 0.1) is 11.9 Å². The van der Waals surface area contributed by atoms with Crippen LogP contribution in [-0.4, -0.2) is 17.8 Å². The zero-order valence-electron chi connectivity index (χ0n) is 12.1. The second-order valence-electron chi connectivity index (χ2n) is 4.53. The quantitative estimate of drug-likeness (QED) is 0.800. The Bertz CT molecular complexity index is 670. The number of hydrogen-bond acceptors (Lipinski definition) is 3. The van der Waals surface area contributed by atoms with Crippen LogP contribution in [0.4, 0.5) is 4.79 Å². The van der Waals surface area contributed by atoms with E-state index in [9.17, 15) is 9.36 Å². The maximum Gasteiger partial charge on any atom is 0.404 e. The number of rotatable bonds is 6. The monoisotopic (exact) mass is 317 g/mol. The highest BCUT2D eigenvalue weighted by Crippen LogP contribution is 2.26. The minimum Gasteiger partial charge on any atom is -0.493 e. The van der Waals surface area contributed by atoms with Crippen LogP contribution in [0.3, 0.4) is 0 Å². The van der Waals surface area contributed by atoms with Crippen LogP contribution in [0.2, 0.25) is 0 Å². The van der Waals surface area contributed by atoms with E-state index < -0.39 is 6.09 Å². The van der Waals surface area contributed by atoms with E-state index in [1.54, 1.807) is 6.07 Å². The molecule has 2 aromatic carbocycles. The Kier molecular flexibility index (Phi) is 5.50. The molecule has 0 radical (unpaired) electrons. The molecule has 5 nitrogen and oxygen atoms in total. The fourth-order valence-corrected chi connectivity index (χ4v) is 2.63. The Balaban J connectivity index is 2.30. The molecule has 0 saturated carbocycles. The first-order chi connectivity index (χ1) is 10.7. The number of hydrogen-bond donors (Lipinski definition) is 2. The second-order valence-corrected chi connectivity index (χ2v) is 5.16. The van der Waals surface area contributed by atoms with Crippen molar-refractivity contribution in [2.45, 2.75) is 13.5 Å². The zero-order valence-corrected chi connectivity index (χ0v) is 13.0. The average molecular weight is 317 g/mol. The van der Waals surface area contributed by atoms with Gasteiger partial charge >= 0.3 is 6.09 Å². The van der Waals surface area contributed by atoms with Crippen molar-refractivity contribution in [3.63, 3.8) is 0 Å². The Labute approximate surface area is 130 Å². The SMILES string of the molecule is CCOc1cccc(-c2ccc(CNC(=O)O)cc2)c1P=O. The van der Waals surface area contributed by atoms with Gasteiger partial charge in [-0.05, 0) is 24.1 Å².